The highest BCUT2D eigenvalue weighted by molar-refractivity contribution is 6.30. The first-order chi connectivity index (χ1) is 10.3. The largest absolute Gasteiger partial charge is 0.366 e. The lowest BCUT2D eigenvalue weighted by Crippen LogP contribution is -2.07. The second kappa shape index (κ2) is 5.04. The number of aromatic amines is 1. The Morgan fingerprint density at radius 3 is 2.95 bits per heavy atom. The number of benzene rings is 1. The third-order valence-electron chi connectivity index (χ3n) is 3.98. The fourth-order valence-corrected chi connectivity index (χ4v) is 2.96. The minimum atomic E-state index is 0.483. The number of anilines is 1. The van der Waals surface area contributed by atoms with Crippen LogP contribution in [0.2, 0.25) is 5.15 Å². The Morgan fingerprint density at radius 2 is 2.10 bits per heavy atom. The predicted octanol–water partition coefficient (Wildman–Crippen LogP) is 3.65. The van der Waals surface area contributed by atoms with Crippen LogP contribution in [0, 0.1) is 5.92 Å². The number of fused-ring (bicyclic) bond motifs is 1. The van der Waals surface area contributed by atoms with E-state index in [2.05, 4.69) is 50.6 Å². The van der Waals surface area contributed by atoms with Crippen LogP contribution in [0.15, 0.2) is 42.7 Å². The average Bonchev–Trinajstić information content (AvgIpc) is 3.07. The van der Waals surface area contributed by atoms with Crippen LogP contribution in [0.5, 0.6) is 0 Å². The number of hydrogen-bond donors (Lipinski definition) is 2. The van der Waals surface area contributed by atoms with E-state index < -0.39 is 0 Å². The molecule has 0 aliphatic heterocycles. The summed E-state index contributed by atoms with van der Waals surface area (Å²) in [7, 11) is 0. The van der Waals surface area contributed by atoms with Crippen molar-refractivity contribution in [3.8, 4) is 0 Å². The van der Waals surface area contributed by atoms with Gasteiger partial charge < -0.3 is 10.3 Å². The molecule has 0 bridgehead atoms. The van der Waals surface area contributed by atoms with Crippen LogP contribution < -0.4 is 5.32 Å². The molecule has 1 fully saturated rings. The number of hydrogen-bond acceptors (Lipinski definition) is 3. The van der Waals surface area contributed by atoms with Crippen molar-refractivity contribution in [1.82, 2.24) is 15.0 Å². The van der Waals surface area contributed by atoms with Gasteiger partial charge in [0.2, 0.25) is 0 Å². The maximum Gasteiger partial charge on any atom is 0.144 e. The van der Waals surface area contributed by atoms with E-state index in [1.54, 1.807) is 6.33 Å². The van der Waals surface area contributed by atoms with Crippen molar-refractivity contribution < 1.29 is 0 Å². The van der Waals surface area contributed by atoms with Crippen molar-refractivity contribution in [2.45, 2.75) is 18.9 Å². The molecule has 3 aromatic rings. The molecule has 1 aromatic carbocycles. The number of H-pyrrole nitrogens is 1. The van der Waals surface area contributed by atoms with E-state index in [-0.39, 0.29) is 0 Å². The molecule has 1 saturated carbocycles. The summed E-state index contributed by atoms with van der Waals surface area (Å²) in [6, 6.07) is 13.0. The van der Waals surface area contributed by atoms with Crippen molar-refractivity contribution in [3.63, 3.8) is 0 Å². The summed E-state index contributed by atoms with van der Waals surface area (Å²) < 4.78 is 0. The van der Waals surface area contributed by atoms with Crippen LogP contribution in [-0.4, -0.2) is 21.0 Å². The highest BCUT2D eigenvalue weighted by atomic mass is 35.5. The van der Waals surface area contributed by atoms with Crippen LogP contribution in [-0.2, 0) is 6.42 Å². The van der Waals surface area contributed by atoms with Gasteiger partial charge in [0.15, 0.2) is 0 Å². The Bertz CT molecular complexity index is 768. The Labute approximate surface area is 127 Å². The average molecular weight is 299 g/mol. The zero-order valence-corrected chi connectivity index (χ0v) is 12.1. The van der Waals surface area contributed by atoms with Gasteiger partial charge in [-0.2, -0.15) is 0 Å². The Hall–Kier alpha value is -2.07. The maximum absolute atomic E-state index is 5.99. The van der Waals surface area contributed by atoms with E-state index in [1.165, 1.54) is 12.0 Å². The van der Waals surface area contributed by atoms with E-state index in [1.807, 2.05) is 6.07 Å². The molecule has 2 N–H and O–H groups in total. The molecule has 2 atom stereocenters. The van der Waals surface area contributed by atoms with Crippen LogP contribution in [0.25, 0.3) is 11.0 Å². The molecular formula is C16H15ClN4. The van der Waals surface area contributed by atoms with Crippen LogP contribution >= 0.6 is 11.6 Å². The Morgan fingerprint density at radius 1 is 1.24 bits per heavy atom. The van der Waals surface area contributed by atoms with Gasteiger partial charge in [0.25, 0.3) is 0 Å². The quantitative estimate of drug-likeness (QED) is 0.773. The van der Waals surface area contributed by atoms with Gasteiger partial charge in [-0.05, 0) is 30.4 Å². The van der Waals surface area contributed by atoms with Gasteiger partial charge in [0.1, 0.15) is 22.9 Å². The van der Waals surface area contributed by atoms with Gasteiger partial charge in [0, 0.05) is 6.04 Å². The molecule has 106 valence electrons. The number of halogens is 1. The fourth-order valence-electron chi connectivity index (χ4n) is 2.77. The van der Waals surface area contributed by atoms with Crippen molar-refractivity contribution in [2.75, 3.05) is 5.32 Å². The van der Waals surface area contributed by atoms with Crippen LogP contribution in [0.3, 0.4) is 0 Å². The van der Waals surface area contributed by atoms with E-state index in [4.69, 9.17) is 11.6 Å². The van der Waals surface area contributed by atoms with Crippen molar-refractivity contribution in [1.29, 1.82) is 0 Å². The second-order valence-electron chi connectivity index (χ2n) is 5.54. The highest BCUT2D eigenvalue weighted by Crippen LogP contribution is 2.37. The summed E-state index contributed by atoms with van der Waals surface area (Å²) in [5.74, 6) is 1.54. The molecule has 4 rings (SSSR count). The lowest BCUT2D eigenvalue weighted by atomic mass is 10.1. The van der Waals surface area contributed by atoms with E-state index in [0.717, 1.165) is 23.3 Å². The molecule has 0 radical (unpaired) electrons. The summed E-state index contributed by atoms with van der Waals surface area (Å²) in [4.78, 5) is 11.5. The molecular weight excluding hydrogens is 284 g/mol. The lowest BCUT2D eigenvalue weighted by Gasteiger charge is -2.06. The number of nitrogens with one attached hydrogen (secondary N) is 2. The number of aromatic nitrogens is 3. The van der Waals surface area contributed by atoms with Gasteiger partial charge in [-0.25, -0.2) is 9.97 Å². The molecule has 0 amide bonds. The summed E-state index contributed by atoms with van der Waals surface area (Å²) >= 11 is 5.99. The summed E-state index contributed by atoms with van der Waals surface area (Å²) in [5, 5.41) is 5.05. The summed E-state index contributed by atoms with van der Waals surface area (Å²) in [5.41, 5.74) is 2.17. The Balaban J connectivity index is 1.47. The third-order valence-corrected chi connectivity index (χ3v) is 4.18. The van der Waals surface area contributed by atoms with Crippen molar-refractivity contribution in [3.05, 3.63) is 53.4 Å². The first kappa shape index (κ1) is 12.7. The number of rotatable bonds is 4. The predicted molar refractivity (Wildman–Crippen MR) is 84.6 cm³/mol. The maximum atomic E-state index is 5.99. The van der Waals surface area contributed by atoms with Gasteiger partial charge in [-0.15, -0.1) is 0 Å². The molecule has 0 spiro atoms. The molecule has 1 aliphatic rings. The second-order valence-corrected chi connectivity index (χ2v) is 5.95. The minimum Gasteiger partial charge on any atom is -0.366 e. The fraction of sp³-hybridized carbons (Fsp3) is 0.250. The van der Waals surface area contributed by atoms with Gasteiger partial charge >= 0.3 is 0 Å². The Kier molecular flexibility index (Phi) is 3.04. The smallest absolute Gasteiger partial charge is 0.144 e. The van der Waals surface area contributed by atoms with Crippen molar-refractivity contribution >= 4 is 28.5 Å². The summed E-state index contributed by atoms with van der Waals surface area (Å²) in [6.45, 7) is 0. The van der Waals surface area contributed by atoms with Crippen molar-refractivity contribution in [2.24, 2.45) is 5.92 Å². The standard InChI is InChI=1S/C16H15ClN4/c17-14-8-12-15(18-9-19-16(12)21-14)20-13-7-11(13)6-10-4-2-1-3-5-10/h1-5,8-9,11,13H,6-7H2,(H2,18,19,20,21). The molecule has 2 unspecified atom stereocenters. The molecule has 2 heterocycles. The molecule has 1 aliphatic carbocycles. The topological polar surface area (TPSA) is 53.6 Å². The SMILES string of the molecule is Clc1cc2c(NC3CC3Cc3ccccc3)ncnc2[nH]1. The minimum absolute atomic E-state index is 0.483. The zero-order valence-electron chi connectivity index (χ0n) is 11.4. The van der Waals surface area contributed by atoms with Gasteiger partial charge in [-0.1, -0.05) is 41.9 Å². The monoisotopic (exact) mass is 298 g/mol. The summed E-state index contributed by atoms with van der Waals surface area (Å²) in [6.07, 6.45) is 3.85. The van der Waals surface area contributed by atoms with E-state index >= 15 is 0 Å². The highest BCUT2D eigenvalue weighted by Gasteiger charge is 2.37. The first-order valence-electron chi connectivity index (χ1n) is 7.09. The molecule has 21 heavy (non-hydrogen) atoms. The molecule has 4 nitrogen and oxygen atoms in total. The molecule has 2 aromatic heterocycles. The van der Waals surface area contributed by atoms with E-state index in [0.29, 0.717) is 17.1 Å². The first-order valence-corrected chi connectivity index (χ1v) is 7.47. The van der Waals surface area contributed by atoms with E-state index in [9.17, 15) is 0 Å². The zero-order chi connectivity index (χ0) is 14.2. The number of nitrogens with zero attached hydrogens (tertiary/aromatic N) is 2. The van der Waals surface area contributed by atoms with Gasteiger partial charge in [-0.3, -0.25) is 0 Å². The normalized spacial score (nSPS) is 20.6. The van der Waals surface area contributed by atoms with Crippen LogP contribution in [0.4, 0.5) is 5.82 Å². The molecule has 0 saturated heterocycles. The van der Waals surface area contributed by atoms with Crippen LogP contribution in [0.1, 0.15) is 12.0 Å². The molecule has 5 heteroatoms. The van der Waals surface area contributed by atoms with Gasteiger partial charge in [0.05, 0.1) is 5.39 Å². The lowest BCUT2D eigenvalue weighted by molar-refractivity contribution is 0.803. The third kappa shape index (κ3) is 2.59.